The molecule has 0 aliphatic carbocycles. The maximum atomic E-state index is 13.9. The molecule has 2 amide bonds. The van der Waals surface area contributed by atoms with Gasteiger partial charge >= 0.3 is 11.9 Å². The molecule has 53 heavy (non-hydrogen) atoms. The number of benzene rings is 6. The van der Waals surface area contributed by atoms with E-state index < -0.39 is 47.5 Å². The van der Waals surface area contributed by atoms with E-state index >= 15 is 0 Å². The summed E-state index contributed by atoms with van der Waals surface area (Å²) in [7, 11) is 0. The van der Waals surface area contributed by atoms with Crippen LogP contribution >= 0.6 is 0 Å². The van der Waals surface area contributed by atoms with Gasteiger partial charge in [-0.15, -0.1) is 0 Å². The largest absolute Gasteiger partial charge is 0.445 e. The minimum Gasteiger partial charge on any atom is -0.445 e. The number of fused-ring (bicyclic) bond motifs is 1. The highest BCUT2D eigenvalue weighted by molar-refractivity contribution is 6.35. The summed E-state index contributed by atoms with van der Waals surface area (Å²) in [5.41, 5.74) is 1.21. The van der Waals surface area contributed by atoms with Gasteiger partial charge in [0.05, 0.1) is 27.9 Å². The molecule has 0 N–H and O–H groups in total. The molecule has 0 aromatic heterocycles. The molecule has 0 unspecified atom stereocenters. The molecule has 7 rings (SSSR count). The fraction of sp³-hybridized carbons (Fsp3) is 0.0455. The first-order chi connectivity index (χ1) is 25.8. The van der Waals surface area contributed by atoms with Gasteiger partial charge in [0.15, 0.2) is 12.2 Å². The second-order valence-electron chi connectivity index (χ2n) is 12.1. The Labute approximate surface area is 304 Å². The van der Waals surface area contributed by atoms with Crippen molar-refractivity contribution in [3.05, 3.63) is 208 Å². The van der Waals surface area contributed by atoms with Crippen LogP contribution in [-0.4, -0.2) is 35.3 Å². The summed E-state index contributed by atoms with van der Waals surface area (Å²) >= 11 is 0. The van der Waals surface area contributed by atoms with Gasteiger partial charge in [-0.1, -0.05) is 133 Å². The first kappa shape index (κ1) is 34.2. The number of rotatable bonds is 11. The Balaban J connectivity index is 1.16. The summed E-state index contributed by atoms with van der Waals surface area (Å²) < 4.78 is 11.6. The van der Waals surface area contributed by atoms with Crippen LogP contribution in [0.1, 0.15) is 85.5 Å². The SMILES string of the molecule is O=C(O[C@@H](C(=O)c1ccccc1)c1ccccc1)c1ccc2c(c1)C(=O)N(c1ccccc1C(=O)O[C@H](C(=O)c1ccccc1)c1ccccc1)C2=O. The Morgan fingerprint density at radius 3 is 1.40 bits per heavy atom. The molecule has 1 aliphatic heterocycles. The van der Waals surface area contributed by atoms with Crippen LogP contribution in [0.4, 0.5) is 5.69 Å². The second kappa shape index (κ2) is 14.9. The van der Waals surface area contributed by atoms with Crippen molar-refractivity contribution in [2.75, 3.05) is 4.90 Å². The van der Waals surface area contributed by atoms with Crippen molar-refractivity contribution in [3.63, 3.8) is 0 Å². The van der Waals surface area contributed by atoms with Crippen molar-refractivity contribution in [2.24, 2.45) is 0 Å². The third-order valence-electron chi connectivity index (χ3n) is 8.73. The molecule has 1 aliphatic rings. The van der Waals surface area contributed by atoms with E-state index in [2.05, 4.69) is 0 Å². The Kier molecular flexibility index (Phi) is 9.63. The maximum Gasteiger partial charge on any atom is 0.341 e. The van der Waals surface area contributed by atoms with E-state index in [4.69, 9.17) is 9.47 Å². The number of carbonyl (C=O) groups excluding carboxylic acids is 6. The number of imide groups is 1. The van der Waals surface area contributed by atoms with E-state index in [-0.39, 0.29) is 27.9 Å². The topological polar surface area (TPSA) is 124 Å². The zero-order chi connectivity index (χ0) is 36.9. The molecule has 6 aromatic carbocycles. The highest BCUT2D eigenvalue weighted by Gasteiger charge is 2.40. The summed E-state index contributed by atoms with van der Waals surface area (Å²) in [5, 5.41) is 0. The normalized spacial score (nSPS) is 13.1. The van der Waals surface area contributed by atoms with Crippen LogP contribution in [0.5, 0.6) is 0 Å². The van der Waals surface area contributed by atoms with Gasteiger partial charge in [0.25, 0.3) is 11.8 Å². The summed E-state index contributed by atoms with van der Waals surface area (Å²) in [5.74, 6) is -4.24. The van der Waals surface area contributed by atoms with Gasteiger partial charge in [0.1, 0.15) is 0 Å². The van der Waals surface area contributed by atoms with E-state index in [0.29, 0.717) is 22.3 Å². The lowest BCUT2D eigenvalue weighted by Crippen LogP contribution is -2.31. The molecule has 0 saturated heterocycles. The lowest BCUT2D eigenvalue weighted by Gasteiger charge is -2.21. The third kappa shape index (κ3) is 6.91. The van der Waals surface area contributed by atoms with Crippen molar-refractivity contribution in [3.8, 4) is 0 Å². The van der Waals surface area contributed by atoms with Crippen molar-refractivity contribution in [1.82, 2.24) is 0 Å². The molecule has 0 bridgehead atoms. The first-order valence-corrected chi connectivity index (χ1v) is 16.6. The lowest BCUT2D eigenvalue weighted by molar-refractivity contribution is 0.0278. The van der Waals surface area contributed by atoms with Gasteiger partial charge in [-0.3, -0.25) is 19.2 Å². The Morgan fingerprint density at radius 1 is 0.434 bits per heavy atom. The minimum absolute atomic E-state index is 0.00360. The monoisotopic (exact) mass is 699 g/mol. The lowest BCUT2D eigenvalue weighted by atomic mass is 9.99. The smallest absolute Gasteiger partial charge is 0.341 e. The van der Waals surface area contributed by atoms with Crippen LogP contribution in [0.15, 0.2) is 164 Å². The van der Waals surface area contributed by atoms with Crippen molar-refractivity contribution in [1.29, 1.82) is 0 Å². The molecule has 258 valence electrons. The number of amides is 2. The second-order valence-corrected chi connectivity index (χ2v) is 12.1. The molecule has 0 spiro atoms. The molecule has 2 atom stereocenters. The average molecular weight is 700 g/mol. The highest BCUT2D eigenvalue weighted by Crippen LogP contribution is 2.34. The van der Waals surface area contributed by atoms with Gasteiger partial charge in [-0.25, -0.2) is 14.5 Å². The predicted octanol–water partition coefficient (Wildman–Crippen LogP) is 8.05. The number of hydrogen-bond acceptors (Lipinski definition) is 8. The number of anilines is 1. The van der Waals surface area contributed by atoms with Crippen molar-refractivity contribution in [2.45, 2.75) is 12.2 Å². The molecule has 9 nitrogen and oxygen atoms in total. The summed E-state index contributed by atoms with van der Waals surface area (Å²) in [4.78, 5) is 83.0. The van der Waals surface area contributed by atoms with Crippen LogP contribution < -0.4 is 4.90 Å². The number of hydrogen-bond donors (Lipinski definition) is 0. The molecule has 9 heteroatoms. The fourth-order valence-electron chi connectivity index (χ4n) is 6.08. The number of esters is 2. The zero-order valence-electron chi connectivity index (χ0n) is 28.0. The van der Waals surface area contributed by atoms with Crippen LogP contribution in [0.2, 0.25) is 0 Å². The van der Waals surface area contributed by atoms with E-state index in [0.717, 1.165) is 4.90 Å². The summed E-state index contributed by atoms with van der Waals surface area (Å²) in [6.07, 6.45) is -2.59. The zero-order valence-corrected chi connectivity index (χ0v) is 28.0. The van der Waals surface area contributed by atoms with E-state index in [9.17, 15) is 28.8 Å². The Bertz CT molecular complexity index is 2360. The quantitative estimate of drug-likeness (QED) is 0.0756. The maximum absolute atomic E-state index is 13.9. The molecular formula is C44H29NO8. The van der Waals surface area contributed by atoms with Crippen molar-refractivity contribution >= 4 is 41.0 Å². The standard InChI is InChI=1S/C44H29NO8/c46-37(28-15-5-1-6-16-28)39(30-19-9-3-10-20-30)52-43(50)32-25-26-33-35(27-32)42(49)45(41(33)48)36-24-14-13-23-34(36)44(51)53-40(31-21-11-4-12-22-31)38(47)29-17-7-2-8-18-29/h1-27,39-40H/t39-,40+/m1/s1. The first-order valence-electron chi connectivity index (χ1n) is 16.6. The average Bonchev–Trinajstić information content (AvgIpc) is 3.47. The summed E-state index contributed by atoms with van der Waals surface area (Å²) in [6, 6.07) is 43.7. The number of ketones is 2. The number of carbonyl (C=O) groups is 6. The van der Waals surface area contributed by atoms with Crippen LogP contribution in [0.25, 0.3) is 0 Å². The number of ether oxygens (including phenoxy) is 2. The van der Waals surface area contributed by atoms with Crippen molar-refractivity contribution < 1.29 is 38.2 Å². The van der Waals surface area contributed by atoms with Gasteiger partial charge in [0, 0.05) is 22.3 Å². The fourth-order valence-corrected chi connectivity index (χ4v) is 6.08. The van der Waals surface area contributed by atoms with E-state index in [1.54, 1.807) is 133 Å². The van der Waals surface area contributed by atoms with Crippen LogP contribution in [-0.2, 0) is 9.47 Å². The summed E-state index contributed by atoms with van der Waals surface area (Å²) in [6.45, 7) is 0. The number of para-hydroxylation sites is 1. The third-order valence-corrected chi connectivity index (χ3v) is 8.73. The van der Waals surface area contributed by atoms with E-state index in [1.807, 2.05) is 0 Å². The number of Topliss-reactive ketones (excluding diaryl/α,β-unsaturated/α-hetero) is 2. The van der Waals surface area contributed by atoms with Gasteiger partial charge < -0.3 is 9.47 Å². The molecular weight excluding hydrogens is 670 g/mol. The highest BCUT2D eigenvalue weighted by atomic mass is 16.6. The van der Waals surface area contributed by atoms with E-state index in [1.165, 1.54) is 30.3 Å². The molecule has 0 fully saturated rings. The van der Waals surface area contributed by atoms with Gasteiger partial charge in [-0.05, 0) is 30.3 Å². The number of nitrogens with zero attached hydrogens (tertiary/aromatic N) is 1. The van der Waals surface area contributed by atoms with Crippen LogP contribution in [0.3, 0.4) is 0 Å². The Morgan fingerprint density at radius 2 is 0.868 bits per heavy atom. The molecule has 6 aromatic rings. The molecule has 0 radical (unpaired) electrons. The van der Waals surface area contributed by atoms with Gasteiger partial charge in [0.2, 0.25) is 11.6 Å². The Hall–Kier alpha value is -7.26. The molecule has 1 heterocycles. The van der Waals surface area contributed by atoms with Crippen LogP contribution in [0, 0.1) is 0 Å². The minimum atomic E-state index is -1.32. The predicted molar refractivity (Wildman–Crippen MR) is 195 cm³/mol. The molecule has 0 saturated carbocycles. The van der Waals surface area contributed by atoms with Gasteiger partial charge in [-0.2, -0.15) is 0 Å².